The molecule has 0 aliphatic carbocycles. The lowest BCUT2D eigenvalue weighted by atomic mass is 10.2. The normalized spacial score (nSPS) is 9.77. The summed E-state index contributed by atoms with van der Waals surface area (Å²) in [6, 6.07) is 14.9. The van der Waals surface area contributed by atoms with E-state index < -0.39 is 4.92 Å². The van der Waals surface area contributed by atoms with Crippen LogP contribution in [0.2, 0.25) is 0 Å². The number of non-ortho nitro benzene ring substituents is 1. The smallest absolute Gasteiger partial charge is 0.269 e. The largest absolute Gasteiger partial charge is 0.493 e. The van der Waals surface area contributed by atoms with Gasteiger partial charge in [0.25, 0.3) is 5.69 Å². The van der Waals surface area contributed by atoms with E-state index in [1.54, 1.807) is 36.4 Å². The first-order valence-electron chi connectivity index (χ1n) is 6.69. The topological polar surface area (TPSA) is 85.4 Å². The number of nitro groups is 1. The number of rotatable bonds is 7. The van der Waals surface area contributed by atoms with Crippen molar-refractivity contribution in [3.05, 3.63) is 64.2 Å². The van der Waals surface area contributed by atoms with Gasteiger partial charge in [0.2, 0.25) is 0 Å². The minimum absolute atomic E-state index is 0.0352. The summed E-state index contributed by atoms with van der Waals surface area (Å²) >= 11 is 0. The molecule has 0 saturated heterocycles. The molecule has 0 aromatic heterocycles. The van der Waals surface area contributed by atoms with Gasteiger partial charge in [-0.1, -0.05) is 6.07 Å². The zero-order valence-electron chi connectivity index (χ0n) is 11.8. The number of hydrogen-bond acceptors (Lipinski definition) is 5. The Morgan fingerprint density at radius 1 is 1.05 bits per heavy atom. The Balaban J connectivity index is 1.71. The summed E-state index contributed by atoms with van der Waals surface area (Å²) in [5.74, 6) is 1.23. The average molecular weight is 298 g/mol. The molecule has 0 aliphatic heterocycles. The van der Waals surface area contributed by atoms with Gasteiger partial charge >= 0.3 is 0 Å². The van der Waals surface area contributed by atoms with Crippen LogP contribution < -0.4 is 9.47 Å². The van der Waals surface area contributed by atoms with Crippen molar-refractivity contribution < 1.29 is 14.4 Å². The molecule has 0 fully saturated rings. The van der Waals surface area contributed by atoms with Gasteiger partial charge in [0.05, 0.1) is 29.8 Å². The van der Waals surface area contributed by atoms with Crippen LogP contribution in [0.4, 0.5) is 5.69 Å². The van der Waals surface area contributed by atoms with Gasteiger partial charge in [-0.15, -0.1) is 0 Å². The molecule has 0 unspecified atom stereocenters. The zero-order valence-corrected chi connectivity index (χ0v) is 11.8. The highest BCUT2D eigenvalue weighted by molar-refractivity contribution is 5.36. The van der Waals surface area contributed by atoms with E-state index >= 15 is 0 Å². The third-order valence-corrected chi connectivity index (χ3v) is 2.84. The minimum Gasteiger partial charge on any atom is -0.493 e. The molecule has 2 aromatic rings. The van der Waals surface area contributed by atoms with E-state index in [-0.39, 0.29) is 5.69 Å². The third kappa shape index (κ3) is 4.49. The highest BCUT2D eigenvalue weighted by Gasteiger charge is 2.04. The van der Waals surface area contributed by atoms with Crippen molar-refractivity contribution in [3.8, 4) is 17.6 Å². The molecule has 0 bridgehead atoms. The van der Waals surface area contributed by atoms with Crippen LogP contribution in [0.25, 0.3) is 0 Å². The van der Waals surface area contributed by atoms with Crippen molar-refractivity contribution in [1.82, 2.24) is 0 Å². The van der Waals surface area contributed by atoms with E-state index in [4.69, 9.17) is 14.7 Å². The number of ether oxygens (including phenoxy) is 2. The molecule has 0 radical (unpaired) electrons. The molecule has 6 nitrogen and oxygen atoms in total. The Labute approximate surface area is 127 Å². The van der Waals surface area contributed by atoms with Gasteiger partial charge in [-0.3, -0.25) is 10.1 Å². The SMILES string of the molecule is N#Cc1cccc(OCCCOc2ccc([N+](=O)[O-])cc2)c1. The zero-order chi connectivity index (χ0) is 15.8. The lowest BCUT2D eigenvalue weighted by Gasteiger charge is -2.08. The van der Waals surface area contributed by atoms with Crippen LogP contribution in [0.1, 0.15) is 12.0 Å². The van der Waals surface area contributed by atoms with E-state index in [0.717, 1.165) is 0 Å². The van der Waals surface area contributed by atoms with Gasteiger partial charge in [-0.2, -0.15) is 5.26 Å². The van der Waals surface area contributed by atoms with E-state index in [0.29, 0.717) is 36.7 Å². The van der Waals surface area contributed by atoms with E-state index in [1.165, 1.54) is 12.1 Å². The molecule has 0 atom stereocenters. The fourth-order valence-electron chi connectivity index (χ4n) is 1.76. The van der Waals surface area contributed by atoms with Gasteiger partial charge in [0, 0.05) is 18.6 Å². The van der Waals surface area contributed by atoms with Crippen molar-refractivity contribution in [2.75, 3.05) is 13.2 Å². The molecule has 2 aromatic carbocycles. The number of nitriles is 1. The van der Waals surface area contributed by atoms with Gasteiger partial charge in [0.15, 0.2) is 0 Å². The van der Waals surface area contributed by atoms with Crippen molar-refractivity contribution >= 4 is 5.69 Å². The first kappa shape index (κ1) is 15.3. The Morgan fingerprint density at radius 2 is 1.73 bits per heavy atom. The molecule has 0 saturated carbocycles. The predicted molar refractivity (Wildman–Crippen MR) is 79.9 cm³/mol. The average Bonchev–Trinajstić information content (AvgIpc) is 2.55. The van der Waals surface area contributed by atoms with Gasteiger partial charge in [0.1, 0.15) is 11.5 Å². The van der Waals surface area contributed by atoms with Crippen LogP contribution in [0.15, 0.2) is 48.5 Å². The minimum atomic E-state index is -0.451. The maximum Gasteiger partial charge on any atom is 0.269 e. The first-order valence-corrected chi connectivity index (χ1v) is 6.69. The summed E-state index contributed by atoms with van der Waals surface area (Å²) in [5.41, 5.74) is 0.590. The van der Waals surface area contributed by atoms with Crippen LogP contribution in [-0.4, -0.2) is 18.1 Å². The quantitative estimate of drug-likeness (QED) is 0.444. The number of nitrogens with zero attached hydrogens (tertiary/aromatic N) is 2. The van der Waals surface area contributed by atoms with Crippen LogP contribution >= 0.6 is 0 Å². The number of nitro benzene ring substituents is 1. The fourth-order valence-corrected chi connectivity index (χ4v) is 1.76. The summed E-state index contributed by atoms with van der Waals surface area (Å²) < 4.78 is 11.0. The highest BCUT2D eigenvalue weighted by atomic mass is 16.6. The van der Waals surface area contributed by atoms with E-state index in [9.17, 15) is 10.1 Å². The van der Waals surface area contributed by atoms with Crippen LogP contribution in [-0.2, 0) is 0 Å². The maximum atomic E-state index is 10.5. The second-order valence-electron chi connectivity index (χ2n) is 4.44. The van der Waals surface area contributed by atoms with Gasteiger partial charge in [-0.05, 0) is 30.3 Å². The molecule has 0 amide bonds. The third-order valence-electron chi connectivity index (χ3n) is 2.84. The molecule has 0 aliphatic rings. The molecular weight excluding hydrogens is 284 g/mol. The predicted octanol–water partition coefficient (Wildman–Crippen LogP) is 3.31. The highest BCUT2D eigenvalue weighted by Crippen LogP contribution is 2.17. The summed E-state index contributed by atoms with van der Waals surface area (Å²) in [6.45, 7) is 0.900. The molecular formula is C16H14N2O4. The van der Waals surface area contributed by atoms with Crippen LogP contribution in [0, 0.1) is 21.4 Å². The Morgan fingerprint density at radius 3 is 2.36 bits per heavy atom. The number of hydrogen-bond donors (Lipinski definition) is 0. The van der Waals surface area contributed by atoms with Crippen molar-refractivity contribution in [1.29, 1.82) is 5.26 Å². The Hall–Kier alpha value is -3.07. The fraction of sp³-hybridized carbons (Fsp3) is 0.188. The van der Waals surface area contributed by atoms with Crippen molar-refractivity contribution in [3.63, 3.8) is 0 Å². The number of benzene rings is 2. The van der Waals surface area contributed by atoms with Gasteiger partial charge in [-0.25, -0.2) is 0 Å². The molecule has 6 heteroatoms. The van der Waals surface area contributed by atoms with Crippen LogP contribution in [0.3, 0.4) is 0 Å². The van der Waals surface area contributed by atoms with Gasteiger partial charge < -0.3 is 9.47 Å². The summed E-state index contributed by atoms with van der Waals surface area (Å²) in [5, 5.41) is 19.3. The maximum absolute atomic E-state index is 10.5. The van der Waals surface area contributed by atoms with E-state index in [1.807, 2.05) is 0 Å². The molecule has 0 N–H and O–H groups in total. The Bertz CT molecular complexity index is 677. The van der Waals surface area contributed by atoms with Crippen LogP contribution in [0.5, 0.6) is 11.5 Å². The standard InChI is InChI=1S/C16H14N2O4/c17-12-13-3-1-4-16(11-13)22-10-2-9-21-15-7-5-14(6-8-15)18(19)20/h1,3-8,11H,2,9-10H2. The molecule has 0 spiro atoms. The Kier molecular flexibility index (Phi) is 5.32. The molecule has 112 valence electrons. The van der Waals surface area contributed by atoms with Crippen molar-refractivity contribution in [2.24, 2.45) is 0 Å². The summed E-state index contributed by atoms with van der Waals surface area (Å²) in [6.07, 6.45) is 0.660. The second kappa shape index (κ2) is 7.64. The van der Waals surface area contributed by atoms with Crippen molar-refractivity contribution in [2.45, 2.75) is 6.42 Å². The second-order valence-corrected chi connectivity index (χ2v) is 4.44. The molecule has 0 heterocycles. The molecule has 22 heavy (non-hydrogen) atoms. The lowest BCUT2D eigenvalue weighted by molar-refractivity contribution is -0.384. The lowest BCUT2D eigenvalue weighted by Crippen LogP contribution is -2.05. The molecule has 2 rings (SSSR count). The monoisotopic (exact) mass is 298 g/mol. The van der Waals surface area contributed by atoms with E-state index in [2.05, 4.69) is 6.07 Å². The first-order chi connectivity index (χ1) is 10.7. The summed E-state index contributed by atoms with van der Waals surface area (Å²) in [7, 11) is 0. The summed E-state index contributed by atoms with van der Waals surface area (Å²) in [4.78, 5) is 10.1.